The Morgan fingerprint density at radius 2 is 1.52 bits per heavy atom. The molecule has 0 saturated carbocycles. The topological polar surface area (TPSA) is 35.5 Å². The Kier molecular flexibility index (Phi) is 5.47. The summed E-state index contributed by atoms with van der Waals surface area (Å²) in [7, 11) is 1.60. The van der Waals surface area contributed by atoms with Crippen LogP contribution in [0.3, 0.4) is 0 Å². The molecular weight excluding hydrogens is 312 g/mol. The molecule has 0 amide bonds. The average Bonchev–Trinajstić information content (AvgIpc) is 2.68. The molecule has 0 atom stereocenters. The van der Waals surface area contributed by atoms with Crippen molar-refractivity contribution in [3.8, 4) is 11.5 Å². The first-order chi connectivity index (χ1) is 12.3. The molecule has 0 fully saturated rings. The summed E-state index contributed by atoms with van der Waals surface area (Å²) >= 11 is 0. The second kappa shape index (κ2) is 8.15. The van der Waals surface area contributed by atoms with Crippen LogP contribution in [0.25, 0.3) is 0 Å². The molecule has 3 nitrogen and oxygen atoms in total. The van der Waals surface area contributed by atoms with Crippen LogP contribution < -0.4 is 9.47 Å². The molecule has 0 radical (unpaired) electrons. The van der Waals surface area contributed by atoms with Crippen molar-refractivity contribution in [3.63, 3.8) is 0 Å². The molecule has 0 unspecified atom stereocenters. The molecule has 0 heterocycles. The standard InChI is InChI=1S/C22H20O3/c1-24-21-14-8-13-19(15-20(23)18-11-6-3-7-12-18)22(21)25-16-17-9-4-2-5-10-17/h2-14H,15-16H2,1H3. The Morgan fingerprint density at radius 3 is 2.20 bits per heavy atom. The summed E-state index contributed by atoms with van der Waals surface area (Å²) in [5, 5.41) is 0. The van der Waals surface area contributed by atoms with Crippen LogP contribution in [0, 0.1) is 0 Å². The van der Waals surface area contributed by atoms with Gasteiger partial charge in [0.05, 0.1) is 7.11 Å². The van der Waals surface area contributed by atoms with Gasteiger partial charge in [0.25, 0.3) is 0 Å². The van der Waals surface area contributed by atoms with Crippen molar-refractivity contribution < 1.29 is 14.3 Å². The molecule has 25 heavy (non-hydrogen) atoms. The van der Waals surface area contributed by atoms with E-state index in [1.165, 1.54) is 0 Å². The molecule has 3 rings (SSSR count). The first-order valence-electron chi connectivity index (χ1n) is 8.19. The molecule has 3 aromatic rings. The number of Topliss-reactive ketones (excluding diaryl/α,β-unsaturated/α-hetero) is 1. The van der Waals surface area contributed by atoms with Crippen molar-refractivity contribution in [3.05, 3.63) is 95.6 Å². The maximum atomic E-state index is 12.5. The van der Waals surface area contributed by atoms with Crippen molar-refractivity contribution in [1.82, 2.24) is 0 Å². The van der Waals surface area contributed by atoms with E-state index in [1.807, 2.05) is 78.9 Å². The zero-order valence-corrected chi connectivity index (χ0v) is 14.1. The van der Waals surface area contributed by atoms with Gasteiger partial charge >= 0.3 is 0 Å². The Morgan fingerprint density at radius 1 is 0.840 bits per heavy atom. The van der Waals surface area contributed by atoms with Crippen molar-refractivity contribution in [1.29, 1.82) is 0 Å². The molecule has 0 N–H and O–H groups in total. The van der Waals surface area contributed by atoms with Crippen LogP contribution in [0.15, 0.2) is 78.9 Å². The van der Waals surface area contributed by atoms with Gasteiger partial charge in [0.15, 0.2) is 17.3 Å². The van der Waals surface area contributed by atoms with E-state index in [4.69, 9.17) is 9.47 Å². The predicted molar refractivity (Wildman–Crippen MR) is 98.2 cm³/mol. The SMILES string of the molecule is COc1cccc(CC(=O)c2ccccc2)c1OCc1ccccc1. The molecule has 3 aromatic carbocycles. The number of benzene rings is 3. The minimum atomic E-state index is 0.0541. The normalized spacial score (nSPS) is 10.3. The number of rotatable bonds is 7. The van der Waals surface area contributed by atoms with Gasteiger partial charge in [-0.1, -0.05) is 72.8 Å². The van der Waals surface area contributed by atoms with E-state index in [1.54, 1.807) is 7.11 Å². The van der Waals surface area contributed by atoms with Gasteiger partial charge in [-0.3, -0.25) is 4.79 Å². The van der Waals surface area contributed by atoms with E-state index >= 15 is 0 Å². The minimum absolute atomic E-state index is 0.0541. The highest BCUT2D eigenvalue weighted by Crippen LogP contribution is 2.32. The van der Waals surface area contributed by atoms with Crippen LogP contribution in [0.1, 0.15) is 21.5 Å². The average molecular weight is 332 g/mol. The lowest BCUT2D eigenvalue weighted by atomic mass is 10.0. The quantitative estimate of drug-likeness (QED) is 0.588. The second-order valence-corrected chi connectivity index (χ2v) is 5.69. The maximum Gasteiger partial charge on any atom is 0.167 e. The molecule has 0 saturated heterocycles. The first-order valence-corrected chi connectivity index (χ1v) is 8.19. The van der Waals surface area contributed by atoms with Crippen molar-refractivity contribution in [2.75, 3.05) is 7.11 Å². The number of ether oxygens (including phenoxy) is 2. The zero-order chi connectivity index (χ0) is 17.5. The number of carbonyl (C=O) groups is 1. The lowest BCUT2D eigenvalue weighted by Crippen LogP contribution is -2.07. The van der Waals surface area contributed by atoms with Crippen molar-refractivity contribution >= 4 is 5.78 Å². The van der Waals surface area contributed by atoms with Crippen molar-refractivity contribution in [2.45, 2.75) is 13.0 Å². The van der Waals surface area contributed by atoms with E-state index < -0.39 is 0 Å². The maximum absolute atomic E-state index is 12.5. The summed E-state index contributed by atoms with van der Waals surface area (Å²) < 4.78 is 11.4. The smallest absolute Gasteiger partial charge is 0.167 e. The summed E-state index contributed by atoms with van der Waals surface area (Å²) in [6.07, 6.45) is 0.269. The Labute approximate surface area is 147 Å². The molecule has 0 aliphatic rings. The lowest BCUT2D eigenvalue weighted by Gasteiger charge is -2.15. The van der Waals surface area contributed by atoms with Crippen LogP contribution >= 0.6 is 0 Å². The van der Waals surface area contributed by atoms with Crippen LogP contribution in [0.4, 0.5) is 0 Å². The molecule has 0 aromatic heterocycles. The highest BCUT2D eigenvalue weighted by atomic mass is 16.5. The zero-order valence-electron chi connectivity index (χ0n) is 14.1. The fourth-order valence-corrected chi connectivity index (χ4v) is 2.65. The van der Waals surface area contributed by atoms with Gasteiger partial charge in [-0.05, 0) is 11.6 Å². The fourth-order valence-electron chi connectivity index (χ4n) is 2.65. The molecule has 0 aliphatic carbocycles. The lowest BCUT2D eigenvalue weighted by molar-refractivity contribution is 0.0991. The third-order valence-corrected chi connectivity index (χ3v) is 3.95. The molecule has 0 aliphatic heterocycles. The molecule has 126 valence electrons. The molecule has 0 spiro atoms. The van der Waals surface area contributed by atoms with Gasteiger partial charge in [-0.25, -0.2) is 0 Å². The number of methoxy groups -OCH3 is 1. The Balaban J connectivity index is 1.82. The molecule has 0 bridgehead atoms. The van der Waals surface area contributed by atoms with Crippen LogP contribution in [-0.4, -0.2) is 12.9 Å². The van der Waals surface area contributed by atoms with E-state index in [9.17, 15) is 4.79 Å². The van der Waals surface area contributed by atoms with Gasteiger partial charge in [-0.2, -0.15) is 0 Å². The first kappa shape index (κ1) is 16.8. The number of hydrogen-bond donors (Lipinski definition) is 0. The monoisotopic (exact) mass is 332 g/mol. The third kappa shape index (κ3) is 4.27. The van der Waals surface area contributed by atoms with Gasteiger partial charge in [-0.15, -0.1) is 0 Å². The molecular formula is C22H20O3. The summed E-state index contributed by atoms with van der Waals surface area (Å²) in [6.45, 7) is 0.424. The van der Waals surface area contributed by atoms with Crippen LogP contribution in [0.5, 0.6) is 11.5 Å². The van der Waals surface area contributed by atoms with Gasteiger partial charge in [0.1, 0.15) is 6.61 Å². The Bertz CT molecular complexity index is 826. The van der Waals surface area contributed by atoms with Crippen LogP contribution in [-0.2, 0) is 13.0 Å². The fraction of sp³-hybridized carbons (Fsp3) is 0.136. The number of ketones is 1. The molecule has 3 heteroatoms. The summed E-state index contributed by atoms with van der Waals surface area (Å²) in [5.41, 5.74) is 2.58. The summed E-state index contributed by atoms with van der Waals surface area (Å²) in [6, 6.07) is 24.8. The number of para-hydroxylation sites is 1. The largest absolute Gasteiger partial charge is 0.493 e. The van der Waals surface area contributed by atoms with Gasteiger partial charge < -0.3 is 9.47 Å². The Hall–Kier alpha value is -3.07. The van der Waals surface area contributed by atoms with E-state index in [-0.39, 0.29) is 12.2 Å². The summed E-state index contributed by atoms with van der Waals surface area (Å²) in [4.78, 5) is 12.5. The van der Waals surface area contributed by atoms with E-state index in [0.717, 1.165) is 11.1 Å². The highest BCUT2D eigenvalue weighted by molar-refractivity contribution is 5.97. The third-order valence-electron chi connectivity index (χ3n) is 3.95. The van der Waals surface area contributed by atoms with Crippen molar-refractivity contribution in [2.24, 2.45) is 0 Å². The van der Waals surface area contributed by atoms with E-state index in [0.29, 0.717) is 23.7 Å². The minimum Gasteiger partial charge on any atom is -0.493 e. The van der Waals surface area contributed by atoms with Gasteiger partial charge in [0.2, 0.25) is 0 Å². The van der Waals surface area contributed by atoms with Crippen LogP contribution in [0.2, 0.25) is 0 Å². The summed E-state index contributed by atoms with van der Waals surface area (Å²) in [5.74, 6) is 1.31. The van der Waals surface area contributed by atoms with E-state index in [2.05, 4.69) is 0 Å². The highest BCUT2D eigenvalue weighted by Gasteiger charge is 2.15. The second-order valence-electron chi connectivity index (χ2n) is 5.69. The number of carbonyl (C=O) groups excluding carboxylic acids is 1. The predicted octanol–water partition coefficient (Wildman–Crippen LogP) is 4.70. The number of hydrogen-bond acceptors (Lipinski definition) is 3. The van der Waals surface area contributed by atoms with Gasteiger partial charge in [0, 0.05) is 17.5 Å².